The van der Waals surface area contributed by atoms with E-state index in [0.29, 0.717) is 6.54 Å². The van der Waals surface area contributed by atoms with Gasteiger partial charge in [0.25, 0.3) is 11.5 Å². The lowest BCUT2D eigenvalue weighted by Crippen LogP contribution is -3.08. The van der Waals surface area contributed by atoms with Crippen molar-refractivity contribution in [2.24, 2.45) is 0 Å². The number of nitrogens with two attached hydrogens (primary N) is 1. The largest absolute Gasteiger partial charge is 0.383 e. The Labute approximate surface area is 180 Å². The van der Waals surface area contributed by atoms with Crippen molar-refractivity contribution in [1.82, 2.24) is 9.55 Å². The maximum absolute atomic E-state index is 12.9. The molecule has 2 aromatic carbocycles. The van der Waals surface area contributed by atoms with Crippen molar-refractivity contribution >= 4 is 17.4 Å². The van der Waals surface area contributed by atoms with Gasteiger partial charge in [-0.2, -0.15) is 0 Å². The van der Waals surface area contributed by atoms with Gasteiger partial charge < -0.3 is 15.5 Å². The zero-order chi connectivity index (χ0) is 22.5. The van der Waals surface area contributed by atoms with Gasteiger partial charge in [0.15, 0.2) is 12.2 Å². The Morgan fingerprint density at radius 2 is 1.71 bits per heavy atom. The van der Waals surface area contributed by atoms with Crippen LogP contribution < -0.4 is 26.8 Å². The van der Waals surface area contributed by atoms with Crippen LogP contribution in [0.4, 0.5) is 11.5 Å². The van der Waals surface area contributed by atoms with Crippen LogP contribution in [-0.4, -0.2) is 36.1 Å². The van der Waals surface area contributed by atoms with Gasteiger partial charge in [0.1, 0.15) is 12.4 Å². The maximum atomic E-state index is 12.9. The van der Waals surface area contributed by atoms with Crippen molar-refractivity contribution in [2.75, 3.05) is 31.3 Å². The number of hydrogen-bond acceptors (Lipinski definition) is 4. The highest BCUT2D eigenvalue weighted by Crippen LogP contribution is 2.16. The molecular formula is C23H28N5O3+. The highest BCUT2D eigenvalue weighted by Gasteiger charge is 2.23. The highest BCUT2D eigenvalue weighted by atomic mass is 16.2. The summed E-state index contributed by atoms with van der Waals surface area (Å²) >= 11 is 0. The number of aromatic amines is 1. The number of aryl methyl sites for hydroxylation is 1. The van der Waals surface area contributed by atoms with Crippen LogP contribution in [0.5, 0.6) is 0 Å². The van der Waals surface area contributed by atoms with Crippen LogP contribution in [0.3, 0.4) is 0 Å². The smallest absolute Gasteiger partial charge is 0.330 e. The van der Waals surface area contributed by atoms with E-state index in [0.717, 1.165) is 16.0 Å². The van der Waals surface area contributed by atoms with Gasteiger partial charge in [-0.3, -0.25) is 19.1 Å². The Kier molecular flexibility index (Phi) is 6.71. The standard InChI is InChI=1S/C23H27N5O3/c1-16-9-11-18(12-10-16)13-26(2)15-19(29)27(3)20-21(24)28(23(31)25-22(20)30)14-17-7-5-4-6-8-17/h4-12H,13-15,24H2,1-3H3,(H,25,30,31)/p+1. The fourth-order valence-electron chi connectivity index (χ4n) is 3.44. The number of nitrogens with one attached hydrogen (secondary N) is 2. The molecule has 1 unspecified atom stereocenters. The molecule has 162 valence electrons. The normalized spacial score (nSPS) is 11.8. The summed E-state index contributed by atoms with van der Waals surface area (Å²) in [5.74, 6) is -0.309. The van der Waals surface area contributed by atoms with E-state index in [2.05, 4.69) is 4.98 Å². The summed E-state index contributed by atoms with van der Waals surface area (Å²) in [6, 6.07) is 17.4. The van der Waals surface area contributed by atoms with Crippen LogP contribution >= 0.6 is 0 Å². The number of quaternary nitrogens is 1. The number of hydrogen-bond donors (Lipinski definition) is 3. The molecule has 1 aromatic heterocycles. The van der Waals surface area contributed by atoms with Gasteiger partial charge in [-0.1, -0.05) is 60.2 Å². The summed E-state index contributed by atoms with van der Waals surface area (Å²) in [6.45, 7) is 3.05. The zero-order valence-electron chi connectivity index (χ0n) is 18.0. The summed E-state index contributed by atoms with van der Waals surface area (Å²) in [5, 5.41) is 0. The van der Waals surface area contributed by atoms with Crippen molar-refractivity contribution < 1.29 is 9.69 Å². The molecule has 0 saturated carbocycles. The van der Waals surface area contributed by atoms with E-state index < -0.39 is 11.2 Å². The maximum Gasteiger partial charge on any atom is 0.330 e. The van der Waals surface area contributed by atoms with E-state index in [1.165, 1.54) is 22.1 Å². The summed E-state index contributed by atoms with van der Waals surface area (Å²) < 4.78 is 1.26. The van der Waals surface area contributed by atoms with Gasteiger partial charge in [-0.15, -0.1) is 0 Å². The first-order valence-electron chi connectivity index (χ1n) is 10.1. The molecule has 1 atom stereocenters. The Morgan fingerprint density at radius 1 is 1.06 bits per heavy atom. The van der Waals surface area contributed by atoms with E-state index in [-0.39, 0.29) is 30.5 Å². The lowest BCUT2D eigenvalue weighted by atomic mass is 10.1. The van der Waals surface area contributed by atoms with Gasteiger partial charge in [0.05, 0.1) is 13.6 Å². The molecule has 0 radical (unpaired) electrons. The van der Waals surface area contributed by atoms with Crippen molar-refractivity contribution in [3.8, 4) is 0 Å². The second-order valence-corrected chi connectivity index (χ2v) is 7.81. The van der Waals surface area contributed by atoms with Gasteiger partial charge >= 0.3 is 5.69 Å². The predicted molar refractivity (Wildman–Crippen MR) is 121 cm³/mol. The molecule has 1 heterocycles. The first kappa shape index (κ1) is 22.0. The lowest BCUT2D eigenvalue weighted by molar-refractivity contribution is -0.885. The monoisotopic (exact) mass is 422 g/mol. The second-order valence-electron chi connectivity index (χ2n) is 7.81. The van der Waals surface area contributed by atoms with E-state index in [4.69, 9.17) is 5.73 Å². The molecule has 4 N–H and O–H groups in total. The average molecular weight is 423 g/mol. The molecule has 0 spiro atoms. The number of carbonyl (C=O) groups is 1. The van der Waals surface area contributed by atoms with Crippen LogP contribution in [0, 0.1) is 6.92 Å². The number of carbonyl (C=O) groups excluding carboxylic acids is 1. The number of likely N-dealkylation sites (N-methyl/N-ethyl adjacent to an activating group) is 2. The molecule has 8 heteroatoms. The topological polar surface area (TPSA) is 106 Å². The fourth-order valence-corrected chi connectivity index (χ4v) is 3.44. The van der Waals surface area contributed by atoms with Crippen LogP contribution in [0.1, 0.15) is 16.7 Å². The van der Waals surface area contributed by atoms with Crippen molar-refractivity contribution in [3.05, 3.63) is 92.1 Å². The molecule has 0 bridgehead atoms. The Morgan fingerprint density at radius 3 is 2.35 bits per heavy atom. The van der Waals surface area contributed by atoms with Crippen LogP contribution in [0.25, 0.3) is 0 Å². The number of aromatic nitrogens is 2. The first-order valence-corrected chi connectivity index (χ1v) is 10.1. The summed E-state index contributed by atoms with van der Waals surface area (Å²) in [6.07, 6.45) is 0. The number of H-pyrrole nitrogens is 1. The lowest BCUT2D eigenvalue weighted by Gasteiger charge is -2.22. The van der Waals surface area contributed by atoms with Crippen molar-refractivity contribution in [3.63, 3.8) is 0 Å². The molecule has 8 nitrogen and oxygen atoms in total. The molecule has 1 amide bonds. The number of amides is 1. The molecule has 0 fully saturated rings. The molecular weight excluding hydrogens is 394 g/mol. The van der Waals surface area contributed by atoms with Crippen LogP contribution in [0.2, 0.25) is 0 Å². The quantitative estimate of drug-likeness (QED) is 0.504. The zero-order valence-corrected chi connectivity index (χ0v) is 18.0. The van der Waals surface area contributed by atoms with E-state index in [1.54, 1.807) is 0 Å². The minimum atomic E-state index is -0.682. The first-order chi connectivity index (χ1) is 14.8. The number of benzene rings is 2. The third-order valence-electron chi connectivity index (χ3n) is 5.19. The molecule has 31 heavy (non-hydrogen) atoms. The van der Waals surface area contributed by atoms with Gasteiger partial charge in [0, 0.05) is 12.6 Å². The van der Waals surface area contributed by atoms with E-state index in [9.17, 15) is 14.4 Å². The Balaban J connectivity index is 1.79. The third-order valence-corrected chi connectivity index (χ3v) is 5.19. The Bertz CT molecular complexity index is 1170. The predicted octanol–water partition coefficient (Wildman–Crippen LogP) is 0.153. The minimum Gasteiger partial charge on any atom is -0.383 e. The van der Waals surface area contributed by atoms with Gasteiger partial charge in [-0.25, -0.2) is 4.79 Å². The van der Waals surface area contributed by atoms with Crippen LogP contribution in [-0.2, 0) is 17.9 Å². The molecule has 0 aliphatic rings. The second kappa shape index (κ2) is 9.44. The van der Waals surface area contributed by atoms with Gasteiger partial charge in [-0.05, 0) is 12.5 Å². The highest BCUT2D eigenvalue weighted by molar-refractivity contribution is 5.95. The molecule has 0 saturated heterocycles. The van der Waals surface area contributed by atoms with E-state index in [1.807, 2.05) is 68.6 Å². The summed E-state index contributed by atoms with van der Waals surface area (Å²) in [5.41, 5.74) is 8.01. The van der Waals surface area contributed by atoms with Crippen molar-refractivity contribution in [1.29, 1.82) is 0 Å². The van der Waals surface area contributed by atoms with E-state index >= 15 is 0 Å². The Hall–Kier alpha value is -3.65. The average Bonchev–Trinajstić information content (AvgIpc) is 2.73. The molecule has 3 rings (SSSR count). The molecule has 3 aromatic rings. The fraction of sp³-hybridized carbons (Fsp3) is 0.261. The number of nitrogen functional groups attached to an aromatic ring is 1. The van der Waals surface area contributed by atoms with Crippen molar-refractivity contribution in [2.45, 2.75) is 20.0 Å². The number of nitrogens with zero attached hydrogens (tertiary/aromatic N) is 2. The number of anilines is 2. The SMILES string of the molecule is Cc1ccc(C[NH+](C)CC(=O)N(C)c2c(N)n(Cc3ccccc3)c(=O)[nH]c2=O)cc1. The third kappa shape index (κ3) is 5.29. The van der Waals surface area contributed by atoms with Gasteiger partial charge in [0.2, 0.25) is 0 Å². The molecule has 0 aliphatic carbocycles. The molecule has 0 aliphatic heterocycles. The summed E-state index contributed by atoms with van der Waals surface area (Å²) in [4.78, 5) is 42.1. The number of rotatable bonds is 7. The van der Waals surface area contributed by atoms with Crippen LogP contribution in [0.15, 0.2) is 64.2 Å². The summed E-state index contributed by atoms with van der Waals surface area (Å²) in [7, 11) is 3.41. The minimum absolute atomic E-state index is 0.0244.